The van der Waals surface area contributed by atoms with Crippen LogP contribution in [0, 0.1) is 5.92 Å². The van der Waals surface area contributed by atoms with Crippen molar-refractivity contribution < 1.29 is 17.9 Å². The molecule has 1 aliphatic carbocycles. The van der Waals surface area contributed by atoms with Gasteiger partial charge in [0, 0.05) is 6.20 Å². The average Bonchev–Trinajstić information content (AvgIpc) is 3.08. The fraction of sp³-hybridized carbons (Fsp3) is 0.500. The number of anilines is 1. The number of hydrogen-bond donors (Lipinski definition) is 2. The molecule has 1 aromatic heterocycles. The monoisotopic (exact) mass is 247 g/mol. The number of ether oxygens (including phenoxy) is 1. The van der Waals surface area contributed by atoms with E-state index in [1.807, 2.05) is 5.43 Å². The first-order valence-corrected chi connectivity index (χ1v) is 5.18. The van der Waals surface area contributed by atoms with Crippen LogP contribution in [0.4, 0.5) is 19.0 Å². The number of halogens is 3. The Bertz CT molecular complexity index is 404. The lowest BCUT2D eigenvalue weighted by Crippen LogP contribution is -2.18. The van der Waals surface area contributed by atoms with Gasteiger partial charge in [0.1, 0.15) is 11.3 Å². The standard InChI is InChI=1S/C10H12F3N3O/c11-10(12,13)8-7(17-5-6-1-2-6)3-4-15-9(8)16-14/h3-4,6H,1-2,5,14H2,(H,15,16). The summed E-state index contributed by atoms with van der Waals surface area (Å²) in [6.45, 7) is 0.303. The minimum absolute atomic E-state index is 0.229. The summed E-state index contributed by atoms with van der Waals surface area (Å²) in [5.74, 6) is 4.74. The van der Waals surface area contributed by atoms with E-state index in [0.717, 1.165) is 12.8 Å². The second-order valence-electron chi connectivity index (χ2n) is 3.93. The lowest BCUT2D eigenvalue weighted by molar-refractivity contribution is -0.138. The molecule has 0 saturated heterocycles. The van der Waals surface area contributed by atoms with Crippen LogP contribution in [0.15, 0.2) is 12.3 Å². The number of nitrogens with two attached hydrogens (primary N) is 1. The molecule has 0 amide bonds. The topological polar surface area (TPSA) is 60.2 Å². The van der Waals surface area contributed by atoms with Gasteiger partial charge >= 0.3 is 6.18 Å². The number of hydrogen-bond acceptors (Lipinski definition) is 4. The molecule has 17 heavy (non-hydrogen) atoms. The van der Waals surface area contributed by atoms with Crippen LogP contribution in [0.5, 0.6) is 5.75 Å². The molecule has 0 aromatic carbocycles. The van der Waals surface area contributed by atoms with E-state index < -0.39 is 17.6 Å². The maximum Gasteiger partial charge on any atom is 0.423 e. The van der Waals surface area contributed by atoms with Crippen LogP contribution < -0.4 is 16.0 Å². The summed E-state index contributed by atoms with van der Waals surface area (Å²) < 4.78 is 43.6. The van der Waals surface area contributed by atoms with Crippen LogP contribution in [0.3, 0.4) is 0 Å². The molecule has 0 aliphatic heterocycles. The SMILES string of the molecule is NNc1nccc(OCC2CC2)c1C(F)(F)F. The van der Waals surface area contributed by atoms with Gasteiger partial charge in [0.25, 0.3) is 0 Å². The lowest BCUT2D eigenvalue weighted by atomic mass is 10.2. The van der Waals surface area contributed by atoms with E-state index in [1.165, 1.54) is 12.3 Å². The van der Waals surface area contributed by atoms with Gasteiger partial charge in [-0.15, -0.1) is 0 Å². The van der Waals surface area contributed by atoms with Crippen LogP contribution in [-0.2, 0) is 6.18 Å². The van der Waals surface area contributed by atoms with E-state index in [2.05, 4.69) is 4.98 Å². The van der Waals surface area contributed by atoms with Crippen molar-refractivity contribution in [1.29, 1.82) is 0 Å². The summed E-state index contributed by atoms with van der Waals surface area (Å²) in [5, 5.41) is 0. The van der Waals surface area contributed by atoms with Crippen LogP contribution >= 0.6 is 0 Å². The molecule has 0 unspecified atom stereocenters. The highest BCUT2D eigenvalue weighted by Crippen LogP contribution is 2.40. The Morgan fingerprint density at radius 1 is 1.47 bits per heavy atom. The van der Waals surface area contributed by atoms with E-state index in [-0.39, 0.29) is 5.75 Å². The third kappa shape index (κ3) is 2.79. The normalized spacial score (nSPS) is 15.8. The molecule has 7 heteroatoms. The Kier molecular flexibility index (Phi) is 3.10. The molecule has 4 nitrogen and oxygen atoms in total. The fourth-order valence-electron chi connectivity index (χ4n) is 1.44. The van der Waals surface area contributed by atoms with Gasteiger partial charge in [-0.1, -0.05) is 0 Å². The van der Waals surface area contributed by atoms with Gasteiger partial charge in [0.15, 0.2) is 5.82 Å². The number of aromatic nitrogens is 1. The molecule has 0 atom stereocenters. The number of nitrogen functional groups attached to an aromatic ring is 1. The molecule has 2 rings (SSSR count). The summed E-state index contributed by atoms with van der Waals surface area (Å²) in [7, 11) is 0. The minimum Gasteiger partial charge on any atom is -0.492 e. The highest BCUT2D eigenvalue weighted by atomic mass is 19.4. The number of pyridine rings is 1. The molecule has 1 aromatic rings. The highest BCUT2D eigenvalue weighted by Gasteiger charge is 2.38. The van der Waals surface area contributed by atoms with Gasteiger partial charge in [-0.25, -0.2) is 10.8 Å². The molecule has 1 fully saturated rings. The Balaban J connectivity index is 2.28. The van der Waals surface area contributed by atoms with Crippen molar-refractivity contribution in [3.63, 3.8) is 0 Å². The fourth-order valence-corrected chi connectivity index (χ4v) is 1.44. The zero-order valence-electron chi connectivity index (χ0n) is 8.92. The maximum atomic E-state index is 12.8. The van der Waals surface area contributed by atoms with Gasteiger partial charge in [-0.2, -0.15) is 13.2 Å². The summed E-state index contributed by atoms with van der Waals surface area (Å²) in [5.41, 5.74) is 0.979. The molecule has 1 heterocycles. The molecular weight excluding hydrogens is 235 g/mol. The van der Waals surface area contributed by atoms with E-state index in [4.69, 9.17) is 10.6 Å². The first-order chi connectivity index (χ1) is 8.02. The number of alkyl halides is 3. The summed E-state index contributed by atoms with van der Waals surface area (Å²) in [4.78, 5) is 3.53. The number of rotatable bonds is 4. The van der Waals surface area contributed by atoms with Crippen LogP contribution in [-0.4, -0.2) is 11.6 Å². The third-order valence-electron chi connectivity index (χ3n) is 2.50. The third-order valence-corrected chi connectivity index (χ3v) is 2.50. The van der Waals surface area contributed by atoms with Crippen LogP contribution in [0.1, 0.15) is 18.4 Å². The molecule has 1 saturated carbocycles. The van der Waals surface area contributed by atoms with Crippen LogP contribution in [0.25, 0.3) is 0 Å². The van der Waals surface area contributed by atoms with Gasteiger partial charge in [-0.05, 0) is 24.8 Å². The maximum absolute atomic E-state index is 12.8. The molecule has 1 aliphatic rings. The lowest BCUT2D eigenvalue weighted by Gasteiger charge is -2.16. The van der Waals surface area contributed by atoms with Crippen LogP contribution in [0.2, 0.25) is 0 Å². The number of nitrogens with zero attached hydrogens (tertiary/aromatic N) is 1. The van der Waals surface area contributed by atoms with Crippen molar-refractivity contribution in [1.82, 2.24) is 4.98 Å². The van der Waals surface area contributed by atoms with Crippen molar-refractivity contribution in [2.45, 2.75) is 19.0 Å². The Hall–Kier alpha value is -1.50. The predicted octanol–water partition coefficient (Wildman–Crippen LogP) is 2.17. The van der Waals surface area contributed by atoms with Crippen molar-refractivity contribution in [3.05, 3.63) is 17.8 Å². The average molecular weight is 247 g/mol. The summed E-state index contributed by atoms with van der Waals surface area (Å²) >= 11 is 0. The Morgan fingerprint density at radius 3 is 2.71 bits per heavy atom. The first-order valence-electron chi connectivity index (χ1n) is 5.18. The zero-order valence-corrected chi connectivity index (χ0v) is 8.92. The number of hydrazine groups is 1. The Morgan fingerprint density at radius 2 is 2.18 bits per heavy atom. The first kappa shape index (κ1) is 12.0. The number of nitrogens with one attached hydrogen (secondary N) is 1. The van der Waals surface area contributed by atoms with E-state index in [1.54, 1.807) is 0 Å². The van der Waals surface area contributed by atoms with Gasteiger partial charge in [0.05, 0.1) is 6.61 Å². The van der Waals surface area contributed by atoms with Gasteiger partial charge < -0.3 is 10.2 Å². The van der Waals surface area contributed by atoms with Crippen molar-refractivity contribution in [2.24, 2.45) is 11.8 Å². The van der Waals surface area contributed by atoms with E-state index in [9.17, 15) is 13.2 Å². The molecule has 0 radical (unpaired) electrons. The highest BCUT2D eigenvalue weighted by molar-refractivity contribution is 5.52. The summed E-state index contributed by atoms with van der Waals surface area (Å²) in [6, 6.07) is 1.20. The minimum atomic E-state index is -4.55. The predicted molar refractivity (Wildman–Crippen MR) is 55.3 cm³/mol. The molecule has 3 N–H and O–H groups in total. The quantitative estimate of drug-likeness (QED) is 0.632. The molecule has 0 spiro atoms. The van der Waals surface area contributed by atoms with Crippen molar-refractivity contribution in [2.75, 3.05) is 12.0 Å². The Labute approximate surface area is 95.9 Å². The van der Waals surface area contributed by atoms with E-state index in [0.29, 0.717) is 12.5 Å². The van der Waals surface area contributed by atoms with Crippen molar-refractivity contribution >= 4 is 5.82 Å². The molecular formula is C10H12F3N3O. The smallest absolute Gasteiger partial charge is 0.423 e. The second kappa shape index (κ2) is 4.40. The largest absolute Gasteiger partial charge is 0.492 e. The zero-order chi connectivity index (χ0) is 12.5. The second-order valence-corrected chi connectivity index (χ2v) is 3.93. The van der Waals surface area contributed by atoms with E-state index >= 15 is 0 Å². The molecule has 94 valence electrons. The van der Waals surface area contributed by atoms with Gasteiger partial charge in [-0.3, -0.25) is 0 Å². The van der Waals surface area contributed by atoms with Crippen molar-refractivity contribution in [3.8, 4) is 5.75 Å². The van der Waals surface area contributed by atoms with Gasteiger partial charge in [0.2, 0.25) is 0 Å². The summed E-state index contributed by atoms with van der Waals surface area (Å²) in [6.07, 6.45) is -1.30. The molecule has 0 bridgehead atoms.